The SMILES string of the molecule is CCOC(=O)CCCn1c(C(C)Cl)nc2cccc(Cl)c21. The van der Waals surface area contributed by atoms with Gasteiger partial charge in [0, 0.05) is 13.0 Å². The molecule has 2 aromatic rings. The number of hydrogen-bond donors (Lipinski definition) is 0. The number of fused-ring (bicyclic) bond motifs is 1. The van der Waals surface area contributed by atoms with Crippen molar-refractivity contribution in [3.05, 3.63) is 29.0 Å². The number of esters is 1. The molecule has 0 fully saturated rings. The summed E-state index contributed by atoms with van der Waals surface area (Å²) in [6, 6.07) is 5.60. The lowest BCUT2D eigenvalue weighted by Crippen LogP contribution is -2.09. The maximum atomic E-state index is 11.4. The van der Waals surface area contributed by atoms with Crippen LogP contribution in [-0.4, -0.2) is 22.1 Å². The molecule has 0 N–H and O–H groups in total. The second kappa shape index (κ2) is 7.14. The molecule has 0 bridgehead atoms. The van der Waals surface area contributed by atoms with E-state index in [1.54, 1.807) is 6.92 Å². The van der Waals surface area contributed by atoms with Crippen molar-refractivity contribution in [1.82, 2.24) is 9.55 Å². The zero-order chi connectivity index (χ0) is 15.4. The number of nitrogens with zero attached hydrogens (tertiary/aromatic N) is 2. The van der Waals surface area contributed by atoms with E-state index < -0.39 is 0 Å². The molecule has 0 radical (unpaired) electrons. The molecular formula is C15H18Cl2N2O2. The van der Waals surface area contributed by atoms with Crippen molar-refractivity contribution in [2.45, 2.75) is 38.6 Å². The number of alkyl halides is 1. The number of ether oxygens (including phenoxy) is 1. The summed E-state index contributed by atoms with van der Waals surface area (Å²) < 4.78 is 6.93. The van der Waals surface area contributed by atoms with E-state index in [4.69, 9.17) is 27.9 Å². The van der Waals surface area contributed by atoms with Gasteiger partial charge in [0.2, 0.25) is 0 Å². The second-order valence-electron chi connectivity index (χ2n) is 4.75. The van der Waals surface area contributed by atoms with Crippen LogP contribution in [0, 0.1) is 0 Å². The van der Waals surface area contributed by atoms with E-state index in [0.29, 0.717) is 31.0 Å². The quantitative estimate of drug-likeness (QED) is 0.585. The predicted octanol–water partition coefficient (Wildman–Crippen LogP) is 4.33. The molecule has 1 unspecified atom stereocenters. The van der Waals surface area contributed by atoms with Gasteiger partial charge in [-0.1, -0.05) is 17.7 Å². The summed E-state index contributed by atoms with van der Waals surface area (Å²) >= 11 is 12.5. The first kappa shape index (κ1) is 16.1. The van der Waals surface area contributed by atoms with E-state index >= 15 is 0 Å². The first-order valence-corrected chi connectivity index (χ1v) is 7.80. The van der Waals surface area contributed by atoms with E-state index in [9.17, 15) is 4.79 Å². The number of hydrogen-bond acceptors (Lipinski definition) is 3. The lowest BCUT2D eigenvalue weighted by Gasteiger charge is -2.11. The van der Waals surface area contributed by atoms with Gasteiger partial charge in [-0.15, -0.1) is 11.6 Å². The second-order valence-corrected chi connectivity index (χ2v) is 5.82. The van der Waals surface area contributed by atoms with Crippen molar-refractivity contribution >= 4 is 40.2 Å². The number of benzene rings is 1. The zero-order valence-corrected chi connectivity index (χ0v) is 13.6. The highest BCUT2D eigenvalue weighted by molar-refractivity contribution is 6.35. The highest BCUT2D eigenvalue weighted by Crippen LogP contribution is 2.29. The number of carbonyl (C=O) groups is 1. The minimum Gasteiger partial charge on any atom is -0.466 e. The van der Waals surface area contributed by atoms with Crippen molar-refractivity contribution in [3.63, 3.8) is 0 Å². The Hall–Kier alpha value is -1.26. The van der Waals surface area contributed by atoms with Crippen LogP contribution in [0.4, 0.5) is 0 Å². The molecule has 0 saturated heterocycles. The number of rotatable bonds is 6. The van der Waals surface area contributed by atoms with Crippen LogP contribution in [0.3, 0.4) is 0 Å². The number of carbonyl (C=O) groups excluding carboxylic acids is 1. The Morgan fingerprint density at radius 3 is 2.90 bits per heavy atom. The van der Waals surface area contributed by atoms with Crippen LogP contribution in [0.5, 0.6) is 0 Å². The van der Waals surface area contributed by atoms with Gasteiger partial charge in [-0.25, -0.2) is 4.98 Å². The van der Waals surface area contributed by atoms with Crippen LogP contribution in [0.25, 0.3) is 11.0 Å². The van der Waals surface area contributed by atoms with Crippen LogP contribution in [-0.2, 0) is 16.1 Å². The van der Waals surface area contributed by atoms with E-state index in [0.717, 1.165) is 16.9 Å². The van der Waals surface area contributed by atoms with Gasteiger partial charge < -0.3 is 9.30 Å². The van der Waals surface area contributed by atoms with Crippen molar-refractivity contribution in [1.29, 1.82) is 0 Å². The van der Waals surface area contributed by atoms with Gasteiger partial charge in [0.15, 0.2) is 0 Å². The maximum Gasteiger partial charge on any atom is 0.305 e. The normalized spacial score (nSPS) is 12.6. The van der Waals surface area contributed by atoms with Gasteiger partial charge >= 0.3 is 5.97 Å². The van der Waals surface area contributed by atoms with E-state index in [-0.39, 0.29) is 11.3 Å². The van der Waals surface area contributed by atoms with Gasteiger partial charge in [0.1, 0.15) is 5.82 Å². The Balaban J connectivity index is 2.24. The molecule has 0 aliphatic carbocycles. The van der Waals surface area contributed by atoms with Gasteiger partial charge in [0.25, 0.3) is 0 Å². The molecule has 4 nitrogen and oxygen atoms in total. The molecule has 1 heterocycles. The molecule has 114 valence electrons. The fourth-order valence-corrected chi connectivity index (χ4v) is 2.74. The summed E-state index contributed by atoms with van der Waals surface area (Å²) in [5.74, 6) is 0.581. The predicted molar refractivity (Wildman–Crippen MR) is 84.9 cm³/mol. The molecule has 2 rings (SSSR count). The molecule has 0 amide bonds. The van der Waals surface area contributed by atoms with Gasteiger partial charge in [0.05, 0.1) is 28.0 Å². The molecule has 1 aromatic heterocycles. The zero-order valence-electron chi connectivity index (χ0n) is 12.1. The summed E-state index contributed by atoms with van der Waals surface area (Å²) in [6.45, 7) is 4.71. The molecule has 0 aliphatic rings. The standard InChI is InChI=1S/C15H18Cl2N2O2/c1-3-21-13(20)8-5-9-19-14-11(17)6-4-7-12(14)18-15(19)10(2)16/h4,6-7,10H,3,5,8-9H2,1-2H3. The van der Waals surface area contributed by atoms with E-state index in [2.05, 4.69) is 4.98 Å². The molecule has 0 aliphatic heterocycles. The monoisotopic (exact) mass is 328 g/mol. The first-order valence-electron chi connectivity index (χ1n) is 6.99. The smallest absolute Gasteiger partial charge is 0.305 e. The van der Waals surface area contributed by atoms with Crippen molar-refractivity contribution < 1.29 is 9.53 Å². The number of halogens is 2. The summed E-state index contributed by atoms with van der Waals surface area (Å²) in [5, 5.41) is 0.413. The average Bonchev–Trinajstić information content (AvgIpc) is 2.79. The summed E-state index contributed by atoms with van der Waals surface area (Å²) in [5.41, 5.74) is 1.69. The molecule has 21 heavy (non-hydrogen) atoms. The molecule has 0 saturated carbocycles. The minimum atomic E-state index is -0.226. The highest BCUT2D eigenvalue weighted by Gasteiger charge is 2.17. The van der Waals surface area contributed by atoms with Crippen LogP contribution in [0.1, 0.15) is 37.9 Å². The van der Waals surface area contributed by atoms with Gasteiger partial charge in [-0.3, -0.25) is 4.79 Å². The maximum absolute atomic E-state index is 11.4. The average molecular weight is 329 g/mol. The third-order valence-electron chi connectivity index (χ3n) is 3.17. The Labute approximate surface area is 134 Å². The molecular weight excluding hydrogens is 311 g/mol. The van der Waals surface area contributed by atoms with Gasteiger partial charge in [-0.2, -0.15) is 0 Å². The third kappa shape index (κ3) is 3.69. The Bertz CT molecular complexity index is 638. The minimum absolute atomic E-state index is 0.187. The number of aromatic nitrogens is 2. The lowest BCUT2D eigenvalue weighted by atomic mass is 10.2. The number of aryl methyl sites for hydroxylation is 1. The Kier molecular flexibility index (Phi) is 5.48. The molecule has 1 atom stereocenters. The molecule has 6 heteroatoms. The fourth-order valence-electron chi connectivity index (χ4n) is 2.30. The van der Waals surface area contributed by atoms with Crippen LogP contribution in [0.15, 0.2) is 18.2 Å². The third-order valence-corrected chi connectivity index (χ3v) is 3.67. The lowest BCUT2D eigenvalue weighted by molar-refractivity contribution is -0.143. The Morgan fingerprint density at radius 1 is 1.48 bits per heavy atom. The summed E-state index contributed by atoms with van der Waals surface area (Å²) in [6.07, 6.45) is 1.03. The Morgan fingerprint density at radius 2 is 2.24 bits per heavy atom. The van der Waals surface area contributed by atoms with Crippen LogP contribution >= 0.6 is 23.2 Å². The van der Waals surface area contributed by atoms with Crippen LogP contribution < -0.4 is 0 Å². The highest BCUT2D eigenvalue weighted by atomic mass is 35.5. The van der Waals surface area contributed by atoms with E-state index in [1.165, 1.54) is 0 Å². The summed E-state index contributed by atoms with van der Waals surface area (Å²) in [7, 11) is 0. The molecule has 0 spiro atoms. The number of imidazole rings is 1. The van der Waals surface area contributed by atoms with Crippen molar-refractivity contribution in [3.8, 4) is 0 Å². The van der Waals surface area contributed by atoms with Crippen molar-refractivity contribution in [2.75, 3.05) is 6.61 Å². The van der Waals surface area contributed by atoms with Crippen molar-refractivity contribution in [2.24, 2.45) is 0 Å². The molecule has 1 aromatic carbocycles. The van der Waals surface area contributed by atoms with Gasteiger partial charge in [-0.05, 0) is 32.4 Å². The first-order chi connectivity index (χ1) is 10.0. The summed E-state index contributed by atoms with van der Waals surface area (Å²) in [4.78, 5) is 16.0. The van der Waals surface area contributed by atoms with Crippen LogP contribution in [0.2, 0.25) is 5.02 Å². The van der Waals surface area contributed by atoms with E-state index in [1.807, 2.05) is 29.7 Å². The number of para-hydroxylation sites is 1. The fraction of sp³-hybridized carbons (Fsp3) is 0.467. The largest absolute Gasteiger partial charge is 0.466 e. The topological polar surface area (TPSA) is 44.1 Å².